The molecule has 1 aromatic heterocycles. The molecule has 2 aromatic carbocycles. The summed E-state index contributed by atoms with van der Waals surface area (Å²) in [7, 11) is -3.66. The van der Waals surface area contributed by atoms with E-state index in [1.807, 2.05) is 0 Å². The predicted molar refractivity (Wildman–Crippen MR) is 115 cm³/mol. The normalized spacial score (nSPS) is 13.5. The highest BCUT2D eigenvalue weighted by molar-refractivity contribution is 7.89. The van der Waals surface area contributed by atoms with Crippen molar-refractivity contribution in [3.8, 4) is 0 Å². The summed E-state index contributed by atoms with van der Waals surface area (Å²) in [4.78, 5) is 24.6. The molecule has 1 heterocycles. The third-order valence-corrected chi connectivity index (χ3v) is 6.23. The maximum atomic E-state index is 12.6. The van der Waals surface area contributed by atoms with Crippen LogP contribution in [0.5, 0.6) is 0 Å². The van der Waals surface area contributed by atoms with Gasteiger partial charge in [0.2, 0.25) is 10.0 Å². The molecule has 3 aromatic rings. The van der Waals surface area contributed by atoms with E-state index in [1.54, 1.807) is 42.5 Å². The first kappa shape index (κ1) is 20.8. The molecule has 4 rings (SSSR count). The smallest absolute Gasteiger partial charge is 0.291 e. The number of rotatable bonds is 8. The lowest BCUT2D eigenvalue weighted by Crippen LogP contribution is -2.26. The van der Waals surface area contributed by atoms with Crippen molar-refractivity contribution in [2.45, 2.75) is 17.7 Å². The fourth-order valence-corrected chi connectivity index (χ4v) is 4.04. The van der Waals surface area contributed by atoms with Gasteiger partial charge in [-0.15, -0.1) is 0 Å². The molecular weight excluding hydrogens is 418 g/mol. The third-order valence-electron chi connectivity index (χ3n) is 4.81. The van der Waals surface area contributed by atoms with E-state index in [2.05, 4.69) is 15.4 Å². The van der Waals surface area contributed by atoms with Crippen LogP contribution in [0.2, 0.25) is 0 Å². The van der Waals surface area contributed by atoms with E-state index < -0.39 is 15.9 Å². The van der Waals surface area contributed by atoms with Crippen LogP contribution in [0.4, 0.5) is 11.4 Å². The predicted octanol–water partition coefficient (Wildman–Crippen LogP) is 3.47. The molecule has 1 fully saturated rings. The molecule has 31 heavy (non-hydrogen) atoms. The number of carbonyl (C=O) groups is 2. The number of nitrogens with one attached hydrogen (secondary N) is 3. The summed E-state index contributed by atoms with van der Waals surface area (Å²) in [6.45, 7) is 0.418. The van der Waals surface area contributed by atoms with Gasteiger partial charge in [0.15, 0.2) is 5.76 Å². The van der Waals surface area contributed by atoms with Crippen LogP contribution in [0.1, 0.15) is 33.8 Å². The molecule has 1 aliphatic rings. The van der Waals surface area contributed by atoms with Crippen LogP contribution in [0, 0.1) is 5.92 Å². The molecule has 0 bridgehead atoms. The maximum Gasteiger partial charge on any atom is 0.291 e. The lowest BCUT2D eigenvalue weighted by molar-refractivity contribution is 0.0994. The van der Waals surface area contributed by atoms with E-state index in [9.17, 15) is 18.0 Å². The topological polar surface area (TPSA) is 118 Å². The number of carbonyl (C=O) groups excluding carboxylic acids is 2. The molecule has 9 heteroatoms. The summed E-state index contributed by atoms with van der Waals surface area (Å²) in [5.41, 5.74) is 1.26. The molecule has 160 valence electrons. The first-order chi connectivity index (χ1) is 14.9. The Labute approximate surface area is 179 Å². The molecule has 1 aliphatic carbocycles. The largest absolute Gasteiger partial charge is 0.459 e. The van der Waals surface area contributed by atoms with Crippen LogP contribution >= 0.6 is 0 Å². The highest BCUT2D eigenvalue weighted by atomic mass is 32.2. The zero-order valence-electron chi connectivity index (χ0n) is 16.5. The Balaban J connectivity index is 1.39. The standard InChI is InChI=1S/C22H21N3O5S/c26-21(16-3-1-4-19(13-16)31(28,29)23-14-15-6-7-15)24-17-8-10-18(11-9-17)25-22(27)20-5-2-12-30-20/h1-5,8-13,15,23H,6-7,14H2,(H,24,26)(H,25,27). The lowest BCUT2D eigenvalue weighted by Gasteiger charge is -2.09. The molecule has 2 amide bonds. The van der Waals surface area contributed by atoms with Crippen molar-refractivity contribution < 1.29 is 22.4 Å². The monoisotopic (exact) mass is 439 g/mol. The van der Waals surface area contributed by atoms with E-state index in [0.29, 0.717) is 23.8 Å². The second-order valence-corrected chi connectivity index (χ2v) is 9.05. The van der Waals surface area contributed by atoms with Crippen molar-refractivity contribution in [3.63, 3.8) is 0 Å². The van der Waals surface area contributed by atoms with Crippen LogP contribution in [0.3, 0.4) is 0 Å². The minimum atomic E-state index is -3.66. The number of furan rings is 1. The molecule has 3 N–H and O–H groups in total. The van der Waals surface area contributed by atoms with Crippen LogP contribution in [-0.2, 0) is 10.0 Å². The quantitative estimate of drug-likeness (QED) is 0.497. The number of hydrogen-bond donors (Lipinski definition) is 3. The van der Waals surface area contributed by atoms with Gasteiger partial charge in [-0.25, -0.2) is 13.1 Å². The maximum absolute atomic E-state index is 12.6. The summed E-state index contributed by atoms with van der Waals surface area (Å²) in [5.74, 6) is -0.214. The Kier molecular flexibility index (Phi) is 5.88. The van der Waals surface area contributed by atoms with Crippen LogP contribution in [0.15, 0.2) is 76.2 Å². The molecule has 0 atom stereocenters. The number of benzene rings is 2. The molecule has 8 nitrogen and oxygen atoms in total. The van der Waals surface area contributed by atoms with Crippen LogP contribution in [-0.4, -0.2) is 26.8 Å². The fourth-order valence-electron chi connectivity index (χ4n) is 2.88. The van der Waals surface area contributed by atoms with Gasteiger partial charge < -0.3 is 15.1 Å². The fraction of sp³-hybridized carbons (Fsp3) is 0.182. The molecule has 0 spiro atoms. The van der Waals surface area contributed by atoms with Crippen LogP contribution < -0.4 is 15.4 Å². The summed E-state index contributed by atoms with van der Waals surface area (Å²) in [5, 5.41) is 5.41. The van der Waals surface area contributed by atoms with E-state index in [-0.39, 0.29) is 22.1 Å². The molecule has 0 radical (unpaired) electrons. The van der Waals surface area contributed by atoms with E-state index in [4.69, 9.17) is 4.42 Å². The van der Waals surface area contributed by atoms with E-state index in [1.165, 1.54) is 24.5 Å². The zero-order chi connectivity index (χ0) is 21.8. The average molecular weight is 439 g/mol. The zero-order valence-corrected chi connectivity index (χ0v) is 17.3. The minimum Gasteiger partial charge on any atom is -0.459 e. The van der Waals surface area contributed by atoms with Crippen molar-refractivity contribution in [1.82, 2.24) is 4.72 Å². The van der Waals surface area contributed by atoms with Crippen molar-refractivity contribution in [3.05, 3.63) is 78.3 Å². The Morgan fingerprint density at radius 3 is 2.19 bits per heavy atom. The molecule has 0 saturated heterocycles. The van der Waals surface area contributed by atoms with Crippen molar-refractivity contribution in [1.29, 1.82) is 0 Å². The van der Waals surface area contributed by atoms with E-state index >= 15 is 0 Å². The van der Waals surface area contributed by atoms with Gasteiger partial charge in [-0.05, 0) is 73.4 Å². The minimum absolute atomic E-state index is 0.0526. The Morgan fingerprint density at radius 1 is 0.903 bits per heavy atom. The van der Waals surface area contributed by atoms with Gasteiger partial charge in [-0.1, -0.05) is 6.07 Å². The number of sulfonamides is 1. The van der Waals surface area contributed by atoms with E-state index in [0.717, 1.165) is 12.8 Å². The van der Waals surface area contributed by atoms with Gasteiger partial charge in [0.05, 0.1) is 11.2 Å². The van der Waals surface area contributed by atoms with Crippen molar-refractivity contribution in [2.75, 3.05) is 17.2 Å². The Morgan fingerprint density at radius 2 is 1.58 bits per heavy atom. The summed E-state index contributed by atoms with van der Waals surface area (Å²) in [6.07, 6.45) is 3.49. The number of hydrogen-bond acceptors (Lipinski definition) is 5. The van der Waals surface area contributed by atoms with Gasteiger partial charge in [0, 0.05) is 23.5 Å². The highest BCUT2D eigenvalue weighted by Crippen LogP contribution is 2.28. The average Bonchev–Trinajstić information content (AvgIpc) is 3.44. The van der Waals surface area contributed by atoms with Crippen LogP contribution in [0.25, 0.3) is 0 Å². The van der Waals surface area contributed by atoms with Crippen molar-refractivity contribution in [2.24, 2.45) is 5.92 Å². The van der Waals surface area contributed by atoms with Gasteiger partial charge >= 0.3 is 0 Å². The number of amides is 2. The molecule has 1 saturated carbocycles. The van der Waals surface area contributed by atoms with Gasteiger partial charge in [-0.3, -0.25) is 9.59 Å². The summed E-state index contributed by atoms with van der Waals surface area (Å²) >= 11 is 0. The summed E-state index contributed by atoms with van der Waals surface area (Å²) < 4.78 is 32.5. The molecular formula is C22H21N3O5S. The molecule has 0 unspecified atom stereocenters. The second kappa shape index (κ2) is 8.75. The highest BCUT2D eigenvalue weighted by Gasteiger charge is 2.24. The summed E-state index contributed by atoms with van der Waals surface area (Å²) in [6, 6.07) is 15.6. The number of anilines is 2. The lowest BCUT2D eigenvalue weighted by atomic mass is 10.2. The first-order valence-corrected chi connectivity index (χ1v) is 11.2. The Bertz CT molecular complexity index is 1180. The SMILES string of the molecule is O=C(Nc1ccc(NC(=O)c2ccco2)cc1)c1cccc(S(=O)(=O)NCC2CC2)c1. The molecule has 0 aliphatic heterocycles. The first-order valence-electron chi connectivity index (χ1n) is 9.77. The second-order valence-electron chi connectivity index (χ2n) is 7.29. The van der Waals surface area contributed by atoms with Gasteiger partial charge in [0.1, 0.15) is 0 Å². The van der Waals surface area contributed by atoms with Crippen molar-refractivity contribution >= 4 is 33.2 Å². The van der Waals surface area contributed by atoms with Gasteiger partial charge in [0.25, 0.3) is 11.8 Å². The third kappa shape index (κ3) is 5.39. The van der Waals surface area contributed by atoms with Gasteiger partial charge in [-0.2, -0.15) is 0 Å². The Hall–Kier alpha value is -3.43.